The molecule has 35 heavy (non-hydrogen) atoms. The highest BCUT2D eigenvalue weighted by atomic mass is 16.4. The molecule has 0 saturated heterocycles. The van der Waals surface area contributed by atoms with Crippen molar-refractivity contribution in [2.24, 2.45) is 11.3 Å². The van der Waals surface area contributed by atoms with E-state index in [1.165, 1.54) is 148 Å². The Morgan fingerprint density at radius 2 is 0.857 bits per heavy atom. The topological polar surface area (TPSA) is 37.3 Å². The molecule has 2 nitrogen and oxygen atoms in total. The Morgan fingerprint density at radius 3 is 1.20 bits per heavy atom. The Bertz CT molecular complexity index is 434. The third-order valence-electron chi connectivity index (χ3n) is 8.27. The fourth-order valence-corrected chi connectivity index (χ4v) is 5.71. The summed E-state index contributed by atoms with van der Waals surface area (Å²) in [7, 11) is 0. The molecule has 0 radical (unpaired) electrons. The molecule has 0 aliphatic heterocycles. The first kappa shape index (κ1) is 34.5. The molecule has 0 fully saturated rings. The smallest absolute Gasteiger partial charge is 0.309 e. The Hall–Kier alpha value is -0.530. The van der Waals surface area contributed by atoms with Crippen LogP contribution < -0.4 is 0 Å². The van der Waals surface area contributed by atoms with E-state index >= 15 is 0 Å². The van der Waals surface area contributed by atoms with Gasteiger partial charge in [-0.15, -0.1) is 0 Å². The second kappa shape index (κ2) is 25.1. The monoisotopic (exact) mass is 495 g/mol. The van der Waals surface area contributed by atoms with Crippen molar-refractivity contribution in [2.45, 2.75) is 195 Å². The van der Waals surface area contributed by atoms with Gasteiger partial charge in [-0.1, -0.05) is 175 Å². The Morgan fingerprint density at radius 1 is 0.543 bits per heavy atom. The van der Waals surface area contributed by atoms with E-state index in [1.807, 2.05) is 6.92 Å². The fourth-order valence-electron chi connectivity index (χ4n) is 5.71. The number of hydrogen-bond donors (Lipinski definition) is 1. The van der Waals surface area contributed by atoms with Gasteiger partial charge in [0.25, 0.3) is 0 Å². The molecule has 210 valence electrons. The quantitative estimate of drug-likeness (QED) is 0.110. The number of carboxylic acid groups (broad SMARTS) is 1. The largest absolute Gasteiger partial charge is 0.481 e. The van der Waals surface area contributed by atoms with Gasteiger partial charge in [-0.2, -0.15) is 0 Å². The minimum Gasteiger partial charge on any atom is -0.481 e. The van der Waals surface area contributed by atoms with Gasteiger partial charge in [0, 0.05) is 0 Å². The number of unbranched alkanes of at least 4 members (excludes halogenated alkanes) is 19. The molecular formula is C33H66O2. The van der Waals surface area contributed by atoms with Crippen LogP contribution in [0, 0.1) is 11.3 Å². The van der Waals surface area contributed by atoms with Crippen LogP contribution in [0.5, 0.6) is 0 Å². The van der Waals surface area contributed by atoms with Crippen molar-refractivity contribution in [3.63, 3.8) is 0 Å². The Balaban J connectivity index is 4.13. The summed E-state index contributed by atoms with van der Waals surface area (Å²) in [6.07, 6.45) is 33.5. The van der Waals surface area contributed by atoms with Crippen LogP contribution in [0.1, 0.15) is 195 Å². The number of hydrogen-bond acceptors (Lipinski definition) is 1. The molecular weight excluding hydrogens is 428 g/mol. The van der Waals surface area contributed by atoms with Crippen molar-refractivity contribution in [1.29, 1.82) is 0 Å². The third kappa shape index (κ3) is 21.3. The first-order valence-electron chi connectivity index (χ1n) is 16.2. The molecule has 0 spiro atoms. The number of carbonyl (C=O) groups is 1. The molecule has 1 unspecified atom stereocenters. The Kier molecular flexibility index (Phi) is 24.8. The highest BCUT2D eigenvalue weighted by Gasteiger charge is 2.34. The maximum atomic E-state index is 12.3. The summed E-state index contributed by atoms with van der Waals surface area (Å²) in [5.41, 5.74) is -0.530. The van der Waals surface area contributed by atoms with Gasteiger partial charge in [0.05, 0.1) is 5.41 Å². The number of aliphatic carboxylic acids is 1. The van der Waals surface area contributed by atoms with E-state index in [9.17, 15) is 9.90 Å². The summed E-state index contributed by atoms with van der Waals surface area (Å²) in [4.78, 5) is 12.3. The standard InChI is InChI=1S/C33H66O2/c1-5-8-11-14-15-16-17-18-19-20-21-22-23-26-29-33(4,32(34)35)30-31(27-24-12-9-6-2)28-25-13-10-7-3/h31H,5-30H2,1-4H3,(H,34,35). The molecule has 1 N–H and O–H groups in total. The molecule has 0 saturated carbocycles. The highest BCUT2D eigenvalue weighted by molar-refractivity contribution is 5.74. The molecule has 0 aromatic rings. The normalized spacial score (nSPS) is 13.4. The molecule has 1 atom stereocenters. The molecule has 0 aromatic heterocycles. The van der Waals surface area contributed by atoms with Crippen LogP contribution in [0.4, 0.5) is 0 Å². The third-order valence-corrected chi connectivity index (χ3v) is 8.27. The lowest BCUT2D eigenvalue weighted by molar-refractivity contribution is -0.149. The van der Waals surface area contributed by atoms with Gasteiger partial charge >= 0.3 is 5.97 Å². The van der Waals surface area contributed by atoms with Crippen molar-refractivity contribution in [2.75, 3.05) is 0 Å². The van der Waals surface area contributed by atoms with Gasteiger partial charge in [0.2, 0.25) is 0 Å². The minimum atomic E-state index is -0.556. The van der Waals surface area contributed by atoms with Gasteiger partial charge in [-0.3, -0.25) is 4.79 Å². The molecule has 0 amide bonds. The molecule has 0 aromatic carbocycles. The van der Waals surface area contributed by atoms with Gasteiger partial charge in [-0.25, -0.2) is 0 Å². The molecule has 0 aliphatic rings. The second-order valence-corrected chi connectivity index (χ2v) is 12.0. The van der Waals surface area contributed by atoms with Crippen LogP contribution >= 0.6 is 0 Å². The highest BCUT2D eigenvalue weighted by Crippen LogP contribution is 2.37. The summed E-state index contributed by atoms with van der Waals surface area (Å²) in [6, 6.07) is 0. The van der Waals surface area contributed by atoms with Gasteiger partial charge in [0.15, 0.2) is 0 Å². The van der Waals surface area contributed by atoms with Crippen LogP contribution in [0.25, 0.3) is 0 Å². The van der Waals surface area contributed by atoms with E-state index in [-0.39, 0.29) is 0 Å². The predicted molar refractivity (Wildman–Crippen MR) is 156 cm³/mol. The lowest BCUT2D eigenvalue weighted by atomic mass is 9.74. The van der Waals surface area contributed by atoms with E-state index in [0.717, 1.165) is 19.3 Å². The lowest BCUT2D eigenvalue weighted by Gasteiger charge is -2.30. The van der Waals surface area contributed by atoms with Gasteiger partial charge < -0.3 is 5.11 Å². The van der Waals surface area contributed by atoms with Crippen molar-refractivity contribution in [1.82, 2.24) is 0 Å². The molecule has 0 heterocycles. The van der Waals surface area contributed by atoms with E-state index in [1.54, 1.807) is 0 Å². The van der Waals surface area contributed by atoms with Crippen LogP contribution in [0.15, 0.2) is 0 Å². The summed E-state index contributed by atoms with van der Waals surface area (Å²) in [5.74, 6) is 0.0377. The van der Waals surface area contributed by atoms with Crippen molar-refractivity contribution in [3.8, 4) is 0 Å². The Labute approximate surface area is 221 Å². The zero-order valence-corrected chi connectivity index (χ0v) is 24.8. The minimum absolute atomic E-state index is 0.530. The predicted octanol–water partition coefficient (Wildman–Crippen LogP) is 11.9. The van der Waals surface area contributed by atoms with E-state index in [0.29, 0.717) is 5.92 Å². The summed E-state index contributed by atoms with van der Waals surface area (Å²) in [5, 5.41) is 10.1. The second-order valence-electron chi connectivity index (χ2n) is 12.0. The van der Waals surface area contributed by atoms with E-state index in [4.69, 9.17) is 0 Å². The molecule has 2 heteroatoms. The van der Waals surface area contributed by atoms with E-state index < -0.39 is 11.4 Å². The van der Waals surface area contributed by atoms with Gasteiger partial charge in [-0.05, 0) is 25.7 Å². The number of rotatable bonds is 28. The van der Waals surface area contributed by atoms with Gasteiger partial charge in [0.1, 0.15) is 0 Å². The first-order chi connectivity index (χ1) is 17.0. The van der Waals surface area contributed by atoms with Crippen molar-refractivity contribution in [3.05, 3.63) is 0 Å². The molecule has 0 bridgehead atoms. The summed E-state index contributed by atoms with van der Waals surface area (Å²) < 4.78 is 0. The zero-order valence-electron chi connectivity index (χ0n) is 24.8. The van der Waals surface area contributed by atoms with Crippen LogP contribution in [0.2, 0.25) is 0 Å². The van der Waals surface area contributed by atoms with E-state index in [2.05, 4.69) is 20.8 Å². The number of carboxylic acids is 1. The summed E-state index contributed by atoms with van der Waals surface area (Å²) >= 11 is 0. The first-order valence-corrected chi connectivity index (χ1v) is 16.2. The zero-order chi connectivity index (χ0) is 26.0. The maximum absolute atomic E-state index is 12.3. The van der Waals surface area contributed by atoms with Crippen molar-refractivity contribution < 1.29 is 9.90 Å². The van der Waals surface area contributed by atoms with Crippen molar-refractivity contribution >= 4 is 5.97 Å². The molecule has 0 rings (SSSR count). The summed E-state index contributed by atoms with van der Waals surface area (Å²) in [6.45, 7) is 8.86. The fraction of sp³-hybridized carbons (Fsp3) is 0.970. The SMILES string of the molecule is CCCCCCCCCCCCCCCCC(C)(CC(CCCCCC)CCCCCC)C(=O)O. The van der Waals surface area contributed by atoms with Crippen LogP contribution in [0.3, 0.4) is 0 Å². The lowest BCUT2D eigenvalue weighted by Crippen LogP contribution is -2.30. The average Bonchev–Trinajstić information content (AvgIpc) is 2.84. The molecule has 0 aliphatic carbocycles. The van der Waals surface area contributed by atoms with Crippen LogP contribution in [-0.4, -0.2) is 11.1 Å². The maximum Gasteiger partial charge on any atom is 0.309 e. The average molecular weight is 495 g/mol. The van der Waals surface area contributed by atoms with Crippen LogP contribution in [-0.2, 0) is 4.79 Å².